The molecule has 0 unspecified atom stereocenters. The van der Waals surface area contributed by atoms with Crippen LogP contribution in [-0.4, -0.2) is 29.6 Å². The van der Waals surface area contributed by atoms with E-state index in [2.05, 4.69) is 39.6 Å². The second-order valence-electron chi connectivity index (χ2n) is 6.04. The van der Waals surface area contributed by atoms with Gasteiger partial charge in [0.2, 0.25) is 0 Å². The first-order valence-electron chi connectivity index (χ1n) is 5.73. The Kier molecular flexibility index (Phi) is 3.27. The molecule has 2 heteroatoms. The number of likely N-dealkylation sites (tertiary alicyclic amines) is 1. The molecule has 2 N–H and O–H groups in total. The molecule has 0 aromatic heterocycles. The van der Waals surface area contributed by atoms with E-state index in [0.717, 1.165) is 12.5 Å². The van der Waals surface area contributed by atoms with E-state index in [1.54, 1.807) is 0 Å². The first-order chi connectivity index (χ1) is 6.29. The van der Waals surface area contributed by atoms with E-state index in [0.29, 0.717) is 11.1 Å². The first-order valence-corrected chi connectivity index (χ1v) is 5.73. The molecule has 2 nitrogen and oxygen atoms in total. The molecular weight excluding hydrogens is 172 g/mol. The number of rotatable bonds is 2. The van der Waals surface area contributed by atoms with Gasteiger partial charge in [0.1, 0.15) is 0 Å². The van der Waals surface area contributed by atoms with Crippen LogP contribution < -0.4 is 5.73 Å². The third-order valence-corrected chi connectivity index (χ3v) is 3.97. The van der Waals surface area contributed by atoms with E-state index in [9.17, 15) is 0 Å². The topological polar surface area (TPSA) is 29.3 Å². The summed E-state index contributed by atoms with van der Waals surface area (Å²) in [4.78, 5) is 2.52. The van der Waals surface area contributed by atoms with Crippen LogP contribution in [0.15, 0.2) is 0 Å². The van der Waals surface area contributed by atoms with Gasteiger partial charge in [-0.15, -0.1) is 0 Å². The highest BCUT2D eigenvalue weighted by Gasteiger charge is 2.42. The van der Waals surface area contributed by atoms with Gasteiger partial charge in [-0.3, -0.25) is 4.90 Å². The lowest BCUT2D eigenvalue weighted by molar-refractivity contribution is -0.0310. The summed E-state index contributed by atoms with van der Waals surface area (Å²) in [6, 6.07) is 0. The largest absolute Gasteiger partial charge is 0.330 e. The van der Waals surface area contributed by atoms with Crippen molar-refractivity contribution in [1.82, 2.24) is 4.90 Å². The molecule has 1 aliphatic heterocycles. The fourth-order valence-corrected chi connectivity index (χ4v) is 3.02. The summed E-state index contributed by atoms with van der Waals surface area (Å²) in [6.45, 7) is 10.2. The molecule has 0 aliphatic carbocycles. The average molecular weight is 198 g/mol. The number of nitrogens with zero attached hydrogens (tertiary/aromatic N) is 1. The summed E-state index contributed by atoms with van der Waals surface area (Å²) in [6.07, 6.45) is 3.74. The molecule has 0 aromatic rings. The van der Waals surface area contributed by atoms with E-state index in [1.807, 2.05) is 0 Å². The van der Waals surface area contributed by atoms with Crippen molar-refractivity contribution in [2.24, 2.45) is 11.7 Å². The van der Waals surface area contributed by atoms with E-state index in [-0.39, 0.29) is 0 Å². The smallest absolute Gasteiger partial charge is 0.0158 e. The predicted octanol–water partition coefficient (Wildman–Crippen LogP) is 2.23. The van der Waals surface area contributed by atoms with Gasteiger partial charge in [-0.1, -0.05) is 0 Å². The Morgan fingerprint density at radius 1 is 1.14 bits per heavy atom. The summed E-state index contributed by atoms with van der Waals surface area (Å²) < 4.78 is 0. The van der Waals surface area contributed by atoms with Gasteiger partial charge in [-0.25, -0.2) is 0 Å². The van der Waals surface area contributed by atoms with Gasteiger partial charge in [0.05, 0.1) is 0 Å². The minimum Gasteiger partial charge on any atom is -0.330 e. The molecule has 0 amide bonds. The van der Waals surface area contributed by atoms with E-state index >= 15 is 0 Å². The molecular formula is C12H26N2. The van der Waals surface area contributed by atoms with E-state index in [1.165, 1.54) is 19.3 Å². The van der Waals surface area contributed by atoms with E-state index in [4.69, 9.17) is 5.73 Å². The molecule has 0 atom stereocenters. The average Bonchev–Trinajstić information content (AvgIpc) is 1.99. The Hall–Kier alpha value is -0.0800. The zero-order valence-electron chi connectivity index (χ0n) is 10.4. The molecule has 1 aliphatic rings. The number of hydrogen-bond donors (Lipinski definition) is 1. The summed E-state index contributed by atoms with van der Waals surface area (Å²) in [5.41, 5.74) is 6.30. The molecule has 1 fully saturated rings. The second-order valence-corrected chi connectivity index (χ2v) is 6.04. The monoisotopic (exact) mass is 198 g/mol. The van der Waals surface area contributed by atoms with Crippen molar-refractivity contribution in [2.75, 3.05) is 13.6 Å². The molecule has 1 rings (SSSR count). The van der Waals surface area contributed by atoms with Crippen LogP contribution in [-0.2, 0) is 0 Å². The molecule has 0 saturated carbocycles. The van der Waals surface area contributed by atoms with Gasteiger partial charge < -0.3 is 5.73 Å². The van der Waals surface area contributed by atoms with Crippen LogP contribution in [0.1, 0.15) is 47.0 Å². The van der Waals surface area contributed by atoms with Crippen molar-refractivity contribution in [2.45, 2.75) is 58.0 Å². The maximum absolute atomic E-state index is 5.66. The Balaban J connectivity index is 2.75. The Morgan fingerprint density at radius 2 is 1.57 bits per heavy atom. The molecule has 0 bridgehead atoms. The van der Waals surface area contributed by atoms with Crippen molar-refractivity contribution in [3.8, 4) is 0 Å². The molecule has 1 saturated heterocycles. The summed E-state index contributed by atoms with van der Waals surface area (Å²) in [5, 5.41) is 0. The first kappa shape index (κ1) is 12.0. The van der Waals surface area contributed by atoms with Gasteiger partial charge in [0.15, 0.2) is 0 Å². The third kappa shape index (κ3) is 2.29. The minimum atomic E-state index is 0.321. The molecule has 0 radical (unpaired) electrons. The second kappa shape index (κ2) is 3.82. The normalized spacial score (nSPS) is 27.9. The summed E-state index contributed by atoms with van der Waals surface area (Å²) in [5.74, 6) is 0.807. The predicted molar refractivity (Wildman–Crippen MR) is 62.3 cm³/mol. The molecule has 14 heavy (non-hydrogen) atoms. The quantitative estimate of drug-likeness (QED) is 0.737. The number of hydrogen-bond acceptors (Lipinski definition) is 2. The molecule has 0 aromatic carbocycles. The maximum atomic E-state index is 5.66. The standard InChI is InChI=1S/C12H26N2/c1-11(2)8-10(6-7-13)9-12(3,4)14(11)5/h10H,6-9,13H2,1-5H3. The Morgan fingerprint density at radius 3 is 1.93 bits per heavy atom. The zero-order valence-corrected chi connectivity index (χ0v) is 10.4. The van der Waals surface area contributed by atoms with Crippen molar-refractivity contribution in [3.63, 3.8) is 0 Å². The lowest BCUT2D eigenvalue weighted by atomic mass is 9.73. The molecule has 1 heterocycles. The minimum absolute atomic E-state index is 0.321. The zero-order chi connectivity index (χ0) is 11.0. The fourth-order valence-electron chi connectivity index (χ4n) is 3.02. The Labute approximate surface area is 88.8 Å². The van der Waals surface area contributed by atoms with Crippen LogP contribution in [0.3, 0.4) is 0 Å². The van der Waals surface area contributed by atoms with Gasteiger partial charge >= 0.3 is 0 Å². The highest BCUT2D eigenvalue weighted by molar-refractivity contribution is 4.98. The highest BCUT2D eigenvalue weighted by atomic mass is 15.2. The molecule has 0 spiro atoms. The van der Waals surface area contributed by atoms with Crippen LogP contribution in [0.4, 0.5) is 0 Å². The van der Waals surface area contributed by atoms with Crippen molar-refractivity contribution in [3.05, 3.63) is 0 Å². The van der Waals surface area contributed by atoms with Crippen molar-refractivity contribution in [1.29, 1.82) is 0 Å². The maximum Gasteiger partial charge on any atom is 0.0158 e. The van der Waals surface area contributed by atoms with Gasteiger partial charge in [0.25, 0.3) is 0 Å². The third-order valence-electron chi connectivity index (χ3n) is 3.97. The van der Waals surface area contributed by atoms with Crippen LogP contribution in [0, 0.1) is 5.92 Å². The summed E-state index contributed by atoms with van der Waals surface area (Å²) in [7, 11) is 2.25. The van der Waals surface area contributed by atoms with Crippen molar-refractivity contribution < 1.29 is 0 Å². The van der Waals surface area contributed by atoms with Crippen LogP contribution in [0.5, 0.6) is 0 Å². The van der Waals surface area contributed by atoms with Gasteiger partial charge in [0, 0.05) is 11.1 Å². The SMILES string of the molecule is CN1C(C)(C)CC(CCN)CC1(C)C. The summed E-state index contributed by atoms with van der Waals surface area (Å²) >= 11 is 0. The van der Waals surface area contributed by atoms with Crippen LogP contribution in [0.25, 0.3) is 0 Å². The number of nitrogens with two attached hydrogens (primary N) is 1. The fraction of sp³-hybridized carbons (Fsp3) is 1.00. The van der Waals surface area contributed by atoms with Gasteiger partial charge in [-0.2, -0.15) is 0 Å². The highest BCUT2D eigenvalue weighted by Crippen LogP contribution is 2.40. The lowest BCUT2D eigenvalue weighted by Crippen LogP contribution is -2.58. The van der Waals surface area contributed by atoms with Gasteiger partial charge in [-0.05, 0) is 66.5 Å². The van der Waals surface area contributed by atoms with Crippen LogP contribution in [0.2, 0.25) is 0 Å². The lowest BCUT2D eigenvalue weighted by Gasteiger charge is -2.53. The van der Waals surface area contributed by atoms with E-state index < -0.39 is 0 Å². The molecule has 84 valence electrons. The van der Waals surface area contributed by atoms with Crippen LogP contribution >= 0.6 is 0 Å². The Bertz CT molecular complexity index is 178. The van der Waals surface area contributed by atoms with Crippen molar-refractivity contribution >= 4 is 0 Å². The number of piperidine rings is 1.